The van der Waals surface area contributed by atoms with Gasteiger partial charge in [-0.1, -0.05) is 23.2 Å². The Morgan fingerprint density at radius 1 is 1.29 bits per heavy atom. The van der Waals surface area contributed by atoms with Crippen LogP contribution < -0.4 is 5.32 Å². The van der Waals surface area contributed by atoms with Gasteiger partial charge in [0.2, 0.25) is 0 Å². The molecule has 2 fully saturated rings. The van der Waals surface area contributed by atoms with Gasteiger partial charge in [0.25, 0.3) is 0 Å². The van der Waals surface area contributed by atoms with Crippen LogP contribution in [0.5, 0.6) is 0 Å². The van der Waals surface area contributed by atoms with Crippen molar-refractivity contribution in [3.8, 4) is 0 Å². The first-order chi connectivity index (χ1) is 9.97. The van der Waals surface area contributed by atoms with E-state index in [1.54, 1.807) is 23.1 Å². The number of anilines is 1. The number of carboxylic acid groups (broad SMARTS) is 1. The van der Waals surface area contributed by atoms with E-state index in [0.717, 1.165) is 12.8 Å². The maximum absolute atomic E-state index is 12.4. The highest BCUT2D eigenvalue weighted by molar-refractivity contribution is 6.36. The van der Waals surface area contributed by atoms with Crippen LogP contribution in [-0.4, -0.2) is 34.1 Å². The molecular formula is C14H14Cl2N2O3. The lowest BCUT2D eigenvalue weighted by molar-refractivity contribution is -0.142. The van der Waals surface area contributed by atoms with E-state index >= 15 is 0 Å². The van der Waals surface area contributed by atoms with Crippen LogP contribution in [0.3, 0.4) is 0 Å². The van der Waals surface area contributed by atoms with Crippen LogP contribution in [0, 0.1) is 5.92 Å². The maximum Gasteiger partial charge on any atom is 0.322 e. The number of nitrogens with one attached hydrogen (secondary N) is 1. The topological polar surface area (TPSA) is 69.6 Å². The molecule has 1 aromatic rings. The van der Waals surface area contributed by atoms with Gasteiger partial charge in [0.15, 0.2) is 0 Å². The third-order valence-corrected chi connectivity index (χ3v) is 4.81. The lowest BCUT2D eigenvalue weighted by Crippen LogP contribution is -2.40. The van der Waals surface area contributed by atoms with Crippen molar-refractivity contribution in [1.29, 1.82) is 0 Å². The molecule has 2 heterocycles. The molecule has 2 N–H and O–H groups in total. The molecule has 112 valence electrons. The Morgan fingerprint density at radius 2 is 2.05 bits per heavy atom. The van der Waals surface area contributed by atoms with Gasteiger partial charge in [-0.2, -0.15) is 0 Å². The zero-order valence-corrected chi connectivity index (χ0v) is 12.6. The summed E-state index contributed by atoms with van der Waals surface area (Å²) in [5.74, 6) is -1.29. The molecule has 2 aliphatic rings. The van der Waals surface area contributed by atoms with Crippen molar-refractivity contribution in [2.24, 2.45) is 5.92 Å². The van der Waals surface area contributed by atoms with Gasteiger partial charge in [0.1, 0.15) is 0 Å². The predicted molar refractivity (Wildman–Crippen MR) is 79.9 cm³/mol. The molecule has 0 saturated carbocycles. The summed E-state index contributed by atoms with van der Waals surface area (Å²) in [5, 5.41) is 12.8. The van der Waals surface area contributed by atoms with Crippen LogP contribution in [0.4, 0.5) is 10.5 Å². The number of hydrogen-bond acceptors (Lipinski definition) is 2. The minimum atomic E-state index is -0.829. The molecule has 0 aliphatic carbocycles. The average Bonchev–Trinajstić information content (AvgIpc) is 2.99. The lowest BCUT2D eigenvalue weighted by atomic mass is 9.89. The van der Waals surface area contributed by atoms with Gasteiger partial charge >= 0.3 is 12.0 Å². The molecule has 21 heavy (non-hydrogen) atoms. The molecule has 5 nitrogen and oxygen atoms in total. The van der Waals surface area contributed by atoms with Gasteiger partial charge in [0, 0.05) is 17.1 Å². The number of carboxylic acids is 1. The number of amides is 2. The smallest absolute Gasteiger partial charge is 0.322 e. The van der Waals surface area contributed by atoms with E-state index in [1.165, 1.54) is 0 Å². The Morgan fingerprint density at radius 3 is 2.67 bits per heavy atom. The summed E-state index contributed by atoms with van der Waals surface area (Å²) in [7, 11) is 0. The first-order valence-corrected chi connectivity index (χ1v) is 7.50. The second kappa shape index (κ2) is 5.39. The summed E-state index contributed by atoms with van der Waals surface area (Å²) in [6.07, 6.45) is 2.13. The second-order valence-electron chi connectivity index (χ2n) is 5.44. The monoisotopic (exact) mass is 328 g/mol. The minimum absolute atomic E-state index is 0.00201. The summed E-state index contributed by atoms with van der Waals surface area (Å²) in [5.41, 5.74) is 0.476. The molecule has 2 amide bonds. The maximum atomic E-state index is 12.4. The highest BCUT2D eigenvalue weighted by Gasteiger charge is 2.51. The number of carbonyl (C=O) groups is 2. The zero-order chi connectivity index (χ0) is 15.1. The Bertz CT molecular complexity index is 608. The van der Waals surface area contributed by atoms with E-state index in [1.807, 2.05) is 0 Å². The summed E-state index contributed by atoms with van der Waals surface area (Å²) in [6, 6.07) is 4.31. The second-order valence-corrected chi connectivity index (χ2v) is 6.28. The van der Waals surface area contributed by atoms with Crippen molar-refractivity contribution in [1.82, 2.24) is 4.90 Å². The van der Waals surface area contributed by atoms with Crippen molar-refractivity contribution < 1.29 is 14.7 Å². The fourth-order valence-electron chi connectivity index (χ4n) is 3.34. The fourth-order valence-corrected chi connectivity index (χ4v) is 3.80. The average molecular weight is 329 g/mol. The predicted octanol–water partition coefficient (Wildman–Crippen LogP) is 3.46. The van der Waals surface area contributed by atoms with Crippen molar-refractivity contribution >= 4 is 40.9 Å². The van der Waals surface area contributed by atoms with E-state index in [0.29, 0.717) is 22.2 Å². The number of fused-ring (bicyclic) bond motifs is 2. The number of rotatable bonds is 2. The van der Waals surface area contributed by atoms with Crippen LogP contribution in [-0.2, 0) is 4.79 Å². The van der Waals surface area contributed by atoms with Crippen molar-refractivity contribution in [3.05, 3.63) is 28.2 Å². The highest BCUT2D eigenvalue weighted by Crippen LogP contribution is 2.42. The van der Waals surface area contributed by atoms with Crippen molar-refractivity contribution in [2.75, 3.05) is 5.32 Å². The molecule has 1 aromatic carbocycles. The van der Waals surface area contributed by atoms with Gasteiger partial charge in [-0.05, 0) is 37.5 Å². The van der Waals surface area contributed by atoms with Gasteiger partial charge in [-0.25, -0.2) is 4.79 Å². The first-order valence-electron chi connectivity index (χ1n) is 6.74. The Hall–Kier alpha value is -1.46. The molecule has 2 aliphatic heterocycles. The number of carbonyl (C=O) groups excluding carboxylic acids is 1. The third kappa shape index (κ3) is 2.56. The van der Waals surface area contributed by atoms with Gasteiger partial charge in [0.05, 0.1) is 16.6 Å². The van der Waals surface area contributed by atoms with Crippen LogP contribution in [0.2, 0.25) is 10.0 Å². The number of nitrogens with zero attached hydrogens (tertiary/aromatic N) is 1. The molecule has 7 heteroatoms. The fraction of sp³-hybridized carbons (Fsp3) is 0.429. The number of hydrogen-bond donors (Lipinski definition) is 2. The summed E-state index contributed by atoms with van der Waals surface area (Å²) in [6.45, 7) is 0. The summed E-state index contributed by atoms with van der Waals surface area (Å²) in [4.78, 5) is 25.3. The highest BCUT2D eigenvalue weighted by atomic mass is 35.5. The molecule has 0 spiro atoms. The van der Waals surface area contributed by atoms with Gasteiger partial charge in [-0.15, -0.1) is 0 Å². The molecule has 3 unspecified atom stereocenters. The Kier molecular flexibility index (Phi) is 3.71. The van der Waals surface area contributed by atoms with Crippen LogP contribution in [0.1, 0.15) is 19.3 Å². The zero-order valence-electron chi connectivity index (χ0n) is 11.1. The number of halogens is 2. The van der Waals surface area contributed by atoms with E-state index in [9.17, 15) is 14.7 Å². The van der Waals surface area contributed by atoms with Crippen LogP contribution in [0.25, 0.3) is 0 Å². The molecular weight excluding hydrogens is 315 g/mol. The number of benzene rings is 1. The molecule has 0 aromatic heterocycles. The molecule has 0 radical (unpaired) electrons. The largest absolute Gasteiger partial charge is 0.481 e. The van der Waals surface area contributed by atoms with Gasteiger partial charge < -0.3 is 15.3 Å². The molecule has 2 saturated heterocycles. The lowest BCUT2D eigenvalue weighted by Gasteiger charge is -2.23. The molecule has 3 atom stereocenters. The van der Waals surface area contributed by atoms with E-state index in [2.05, 4.69) is 5.32 Å². The van der Waals surface area contributed by atoms with E-state index in [4.69, 9.17) is 23.2 Å². The standard InChI is InChI=1S/C14H14Cl2N2O3/c15-7-1-3-11(10(16)5-7)17-14(21)18-8-2-4-12(18)9(6-8)13(19)20/h1,3,5,8-9,12H,2,4,6H2,(H,17,21)(H,19,20). The first kappa shape index (κ1) is 14.5. The SMILES string of the molecule is O=C(O)C1CC2CCC1N2C(=O)Nc1ccc(Cl)cc1Cl. The van der Waals surface area contributed by atoms with Crippen LogP contribution >= 0.6 is 23.2 Å². The van der Waals surface area contributed by atoms with Crippen molar-refractivity contribution in [3.63, 3.8) is 0 Å². The number of urea groups is 1. The van der Waals surface area contributed by atoms with E-state index in [-0.39, 0.29) is 18.1 Å². The summed E-state index contributed by atoms with van der Waals surface area (Å²) < 4.78 is 0. The van der Waals surface area contributed by atoms with Crippen molar-refractivity contribution in [2.45, 2.75) is 31.3 Å². The molecule has 2 bridgehead atoms. The van der Waals surface area contributed by atoms with E-state index < -0.39 is 11.9 Å². The van der Waals surface area contributed by atoms with Crippen LogP contribution in [0.15, 0.2) is 18.2 Å². The number of aliphatic carboxylic acids is 1. The third-order valence-electron chi connectivity index (χ3n) is 4.26. The normalized spacial score (nSPS) is 27.0. The molecule has 3 rings (SSSR count). The quantitative estimate of drug-likeness (QED) is 0.873. The minimum Gasteiger partial charge on any atom is -0.481 e. The summed E-state index contributed by atoms with van der Waals surface area (Å²) >= 11 is 11.9. The van der Waals surface area contributed by atoms with Gasteiger partial charge in [-0.3, -0.25) is 4.79 Å². The Balaban J connectivity index is 1.76. The Labute approximate surface area is 131 Å².